The van der Waals surface area contributed by atoms with E-state index >= 15 is 0 Å². The lowest BCUT2D eigenvalue weighted by molar-refractivity contribution is 0.252. The predicted octanol–water partition coefficient (Wildman–Crippen LogP) is 2.81. The van der Waals surface area contributed by atoms with Crippen molar-refractivity contribution >= 4 is 23.5 Å². The number of hydrogen-bond donors (Lipinski definition) is 2. The van der Waals surface area contributed by atoms with Crippen LogP contribution in [0, 0.1) is 0 Å². The highest BCUT2D eigenvalue weighted by molar-refractivity contribution is 7.99. The first-order valence-corrected chi connectivity index (χ1v) is 7.86. The molecule has 0 saturated heterocycles. The molecule has 1 aromatic rings. The summed E-state index contributed by atoms with van der Waals surface area (Å²) in [6.45, 7) is 6.97. The lowest BCUT2D eigenvalue weighted by Gasteiger charge is -2.08. The Balaban J connectivity index is 2.40. The van der Waals surface area contributed by atoms with Crippen molar-refractivity contribution in [3.05, 3.63) is 11.9 Å². The number of carbonyl (C=O) groups excluding carboxylic acids is 1. The molecule has 0 atom stereocenters. The van der Waals surface area contributed by atoms with Gasteiger partial charge in [-0.25, -0.2) is 4.79 Å². The summed E-state index contributed by atoms with van der Waals surface area (Å²) in [7, 11) is 1.86. The van der Waals surface area contributed by atoms with Crippen LogP contribution in [0.5, 0.6) is 0 Å². The van der Waals surface area contributed by atoms with Gasteiger partial charge in [-0.1, -0.05) is 20.8 Å². The number of nitrogens with one attached hydrogen (secondary N) is 2. The largest absolute Gasteiger partial charge is 0.338 e. The average Bonchev–Trinajstić information content (AvgIpc) is 2.70. The van der Waals surface area contributed by atoms with E-state index in [4.69, 9.17) is 0 Å². The Morgan fingerprint density at radius 1 is 1.53 bits per heavy atom. The molecule has 19 heavy (non-hydrogen) atoms. The van der Waals surface area contributed by atoms with Crippen molar-refractivity contribution in [3.8, 4) is 0 Å². The van der Waals surface area contributed by atoms with E-state index in [9.17, 15) is 4.79 Å². The number of urea groups is 1. The number of hydrogen-bond acceptors (Lipinski definition) is 3. The first-order valence-electron chi connectivity index (χ1n) is 6.70. The molecule has 0 bridgehead atoms. The van der Waals surface area contributed by atoms with Gasteiger partial charge in [-0.15, -0.1) is 0 Å². The van der Waals surface area contributed by atoms with Gasteiger partial charge in [-0.3, -0.25) is 4.68 Å². The van der Waals surface area contributed by atoms with Gasteiger partial charge in [-0.05, 0) is 23.8 Å². The van der Waals surface area contributed by atoms with Crippen molar-refractivity contribution in [2.24, 2.45) is 7.05 Å². The Kier molecular flexibility index (Phi) is 6.77. The molecule has 0 aromatic carbocycles. The van der Waals surface area contributed by atoms with Gasteiger partial charge in [0, 0.05) is 19.8 Å². The van der Waals surface area contributed by atoms with Crippen LogP contribution in [-0.4, -0.2) is 33.9 Å². The van der Waals surface area contributed by atoms with Crippen molar-refractivity contribution in [2.75, 3.05) is 23.4 Å². The third-order valence-electron chi connectivity index (χ3n) is 2.61. The summed E-state index contributed by atoms with van der Waals surface area (Å²) in [6.07, 6.45) is 2.83. The molecule has 1 heterocycles. The van der Waals surface area contributed by atoms with E-state index in [1.54, 1.807) is 4.68 Å². The van der Waals surface area contributed by atoms with Crippen LogP contribution < -0.4 is 10.6 Å². The topological polar surface area (TPSA) is 59.0 Å². The van der Waals surface area contributed by atoms with Crippen molar-refractivity contribution in [2.45, 2.75) is 33.1 Å². The van der Waals surface area contributed by atoms with Crippen LogP contribution in [0.1, 0.15) is 38.8 Å². The fourth-order valence-electron chi connectivity index (χ4n) is 1.72. The maximum atomic E-state index is 11.8. The van der Waals surface area contributed by atoms with Gasteiger partial charge in [0.1, 0.15) is 0 Å². The summed E-state index contributed by atoms with van der Waals surface area (Å²) in [5.41, 5.74) is 1.71. The minimum atomic E-state index is -0.156. The van der Waals surface area contributed by atoms with Crippen LogP contribution in [0.25, 0.3) is 0 Å². The van der Waals surface area contributed by atoms with Gasteiger partial charge in [0.2, 0.25) is 0 Å². The highest BCUT2D eigenvalue weighted by atomic mass is 32.2. The van der Waals surface area contributed by atoms with Gasteiger partial charge in [0.15, 0.2) is 0 Å². The second-order valence-corrected chi connectivity index (χ2v) is 6.08. The number of aromatic nitrogens is 2. The normalized spacial score (nSPS) is 10.8. The first kappa shape index (κ1) is 15.9. The van der Waals surface area contributed by atoms with Gasteiger partial charge in [0.25, 0.3) is 0 Å². The van der Waals surface area contributed by atoms with Crippen LogP contribution in [0.15, 0.2) is 6.20 Å². The molecule has 5 nitrogen and oxygen atoms in total. The standard InChI is InChI=1S/C13H24N4OS/c1-5-19-8-6-7-14-13(18)15-11-9-17(4)16-12(11)10(2)3/h9-10H,5-8H2,1-4H3,(H2,14,15,18). The van der Waals surface area contributed by atoms with E-state index in [2.05, 4.69) is 36.5 Å². The summed E-state index contributed by atoms with van der Waals surface area (Å²) in [5.74, 6) is 2.50. The van der Waals surface area contributed by atoms with Crippen LogP contribution in [0.3, 0.4) is 0 Å². The van der Waals surface area contributed by atoms with E-state index in [-0.39, 0.29) is 11.9 Å². The molecule has 0 aliphatic carbocycles. The average molecular weight is 284 g/mol. The zero-order valence-corrected chi connectivity index (χ0v) is 13.0. The molecule has 1 rings (SSSR count). The second kappa shape index (κ2) is 8.09. The molecule has 0 radical (unpaired) electrons. The molecule has 0 aliphatic rings. The lowest BCUT2D eigenvalue weighted by Crippen LogP contribution is -2.30. The Hall–Kier alpha value is -1.17. The van der Waals surface area contributed by atoms with Crippen molar-refractivity contribution in [1.29, 1.82) is 0 Å². The number of thioether (sulfide) groups is 1. The maximum absolute atomic E-state index is 11.8. The van der Waals surface area contributed by atoms with Gasteiger partial charge in [-0.2, -0.15) is 16.9 Å². The van der Waals surface area contributed by atoms with E-state index in [0.29, 0.717) is 6.54 Å². The van der Waals surface area contributed by atoms with E-state index in [0.717, 1.165) is 29.3 Å². The van der Waals surface area contributed by atoms with E-state index in [1.165, 1.54) is 0 Å². The quantitative estimate of drug-likeness (QED) is 0.757. The molecular weight excluding hydrogens is 260 g/mol. The van der Waals surface area contributed by atoms with Gasteiger partial charge >= 0.3 is 6.03 Å². The Bertz CT molecular complexity index is 403. The molecule has 0 saturated carbocycles. The zero-order chi connectivity index (χ0) is 14.3. The van der Waals surface area contributed by atoms with Gasteiger partial charge in [0.05, 0.1) is 11.4 Å². The third-order valence-corrected chi connectivity index (χ3v) is 3.59. The summed E-state index contributed by atoms with van der Waals surface area (Å²) >= 11 is 1.89. The molecule has 0 fully saturated rings. The molecular formula is C13H24N4OS. The lowest BCUT2D eigenvalue weighted by atomic mass is 10.1. The minimum Gasteiger partial charge on any atom is -0.338 e. The summed E-state index contributed by atoms with van der Waals surface area (Å²) in [6, 6.07) is -0.156. The molecule has 108 valence electrons. The van der Waals surface area contributed by atoms with Crippen LogP contribution in [-0.2, 0) is 7.05 Å². The fraction of sp³-hybridized carbons (Fsp3) is 0.692. The van der Waals surface area contributed by atoms with Crippen molar-refractivity contribution < 1.29 is 4.79 Å². The van der Waals surface area contributed by atoms with Crippen molar-refractivity contribution in [1.82, 2.24) is 15.1 Å². The van der Waals surface area contributed by atoms with Crippen molar-refractivity contribution in [3.63, 3.8) is 0 Å². The molecule has 0 aliphatic heterocycles. The number of aryl methyl sites for hydroxylation is 1. The number of carbonyl (C=O) groups is 1. The highest BCUT2D eigenvalue weighted by Gasteiger charge is 2.13. The highest BCUT2D eigenvalue weighted by Crippen LogP contribution is 2.21. The second-order valence-electron chi connectivity index (χ2n) is 4.69. The van der Waals surface area contributed by atoms with Gasteiger partial charge < -0.3 is 10.6 Å². The van der Waals surface area contributed by atoms with Crippen LogP contribution in [0.2, 0.25) is 0 Å². The predicted molar refractivity (Wildman–Crippen MR) is 81.9 cm³/mol. The summed E-state index contributed by atoms with van der Waals surface area (Å²) in [4.78, 5) is 11.8. The number of nitrogens with zero attached hydrogens (tertiary/aromatic N) is 2. The third kappa shape index (κ3) is 5.55. The zero-order valence-electron chi connectivity index (χ0n) is 12.2. The van der Waals surface area contributed by atoms with E-state index < -0.39 is 0 Å². The SMILES string of the molecule is CCSCCCNC(=O)Nc1cn(C)nc1C(C)C. The minimum absolute atomic E-state index is 0.156. The molecule has 2 N–H and O–H groups in total. The maximum Gasteiger partial charge on any atom is 0.319 e. The van der Waals surface area contributed by atoms with Crippen LogP contribution in [0.4, 0.5) is 10.5 Å². The van der Waals surface area contributed by atoms with Crippen LogP contribution >= 0.6 is 11.8 Å². The fourth-order valence-corrected chi connectivity index (χ4v) is 2.35. The molecule has 6 heteroatoms. The number of anilines is 1. The number of amides is 2. The Morgan fingerprint density at radius 3 is 2.89 bits per heavy atom. The number of rotatable bonds is 7. The molecule has 0 spiro atoms. The molecule has 0 unspecified atom stereocenters. The molecule has 2 amide bonds. The van der Waals surface area contributed by atoms with E-state index in [1.807, 2.05) is 25.0 Å². The smallest absolute Gasteiger partial charge is 0.319 e. The Morgan fingerprint density at radius 2 is 2.26 bits per heavy atom. The monoisotopic (exact) mass is 284 g/mol. The summed E-state index contributed by atoms with van der Waals surface area (Å²) in [5, 5.41) is 10.1. The molecule has 1 aromatic heterocycles. The summed E-state index contributed by atoms with van der Waals surface area (Å²) < 4.78 is 1.73. The first-order chi connectivity index (χ1) is 9.04. The Labute approximate surface area is 119 Å².